The number of carbonyl (C=O) groups is 2. The van der Waals surface area contributed by atoms with Gasteiger partial charge in [0.25, 0.3) is 11.8 Å². The Hall–Kier alpha value is -2.77. The van der Waals surface area contributed by atoms with Gasteiger partial charge in [-0.1, -0.05) is 51.6 Å². The van der Waals surface area contributed by atoms with Gasteiger partial charge in [0.2, 0.25) is 0 Å². The number of amides is 2. The number of benzene rings is 2. The molecule has 0 bridgehead atoms. The van der Waals surface area contributed by atoms with E-state index in [4.69, 9.17) is 4.74 Å². The summed E-state index contributed by atoms with van der Waals surface area (Å²) in [5.41, 5.74) is 2.25. The molecule has 2 aromatic carbocycles. The highest BCUT2D eigenvalue weighted by molar-refractivity contribution is 8.04. The molecule has 1 aliphatic rings. The molecule has 7 heteroatoms. The summed E-state index contributed by atoms with van der Waals surface area (Å²) in [6, 6.07) is 13.2. The highest BCUT2D eigenvalue weighted by atomic mass is 32.2. The Morgan fingerprint density at radius 2 is 1.75 bits per heavy atom. The molecule has 2 amide bonds. The number of fused-ring (bicyclic) bond motifs is 1. The van der Waals surface area contributed by atoms with Gasteiger partial charge in [-0.3, -0.25) is 9.59 Å². The lowest BCUT2D eigenvalue weighted by atomic mass is 10.1. The van der Waals surface area contributed by atoms with Crippen LogP contribution in [0.15, 0.2) is 52.3 Å². The number of likely N-dealkylation sites (N-methyl/N-ethyl adjacent to an activating group) is 1. The van der Waals surface area contributed by atoms with Crippen molar-refractivity contribution in [3.05, 3.63) is 58.5 Å². The minimum absolute atomic E-state index is 0.0868. The molecule has 0 atom stereocenters. The third-order valence-corrected chi connectivity index (χ3v) is 6.99. The molecule has 0 fully saturated rings. The monoisotopic (exact) mass is 509 g/mol. The van der Waals surface area contributed by atoms with Crippen LogP contribution in [0.1, 0.15) is 50.0 Å². The zero-order chi connectivity index (χ0) is 26.2. The standard InChI is InChI=1S/C29H39N3O3S/c1-20(2)18-32(19-21(3)4)15-7-14-30-28(33)23-10-13-26-25(17-23)31(5)29(34)27(36-26)16-22-8-11-24(35-6)12-9-22/h8-13,16-17,20-21H,7,14-15,18-19H2,1-6H3,(H,30,33). The fraction of sp³-hybridized carbons (Fsp3) is 0.448. The molecule has 0 saturated heterocycles. The summed E-state index contributed by atoms with van der Waals surface area (Å²) in [6.07, 6.45) is 2.79. The second kappa shape index (κ2) is 13.0. The predicted molar refractivity (Wildman–Crippen MR) is 150 cm³/mol. The first-order valence-electron chi connectivity index (χ1n) is 12.6. The third kappa shape index (κ3) is 7.61. The van der Waals surface area contributed by atoms with Gasteiger partial charge >= 0.3 is 0 Å². The van der Waals surface area contributed by atoms with Gasteiger partial charge in [0, 0.05) is 37.1 Å². The van der Waals surface area contributed by atoms with Crippen molar-refractivity contribution in [2.45, 2.75) is 39.0 Å². The molecule has 0 radical (unpaired) electrons. The average Bonchev–Trinajstić information content (AvgIpc) is 2.84. The zero-order valence-corrected chi connectivity index (χ0v) is 23.2. The SMILES string of the molecule is COc1ccc(C=C2Sc3ccc(C(=O)NCCCN(CC(C)C)CC(C)C)cc3N(C)C2=O)cc1. The van der Waals surface area contributed by atoms with Crippen LogP contribution in [-0.4, -0.2) is 57.1 Å². The van der Waals surface area contributed by atoms with Crippen LogP contribution < -0.4 is 15.0 Å². The number of thioether (sulfide) groups is 1. The van der Waals surface area contributed by atoms with E-state index in [-0.39, 0.29) is 11.8 Å². The molecule has 1 N–H and O–H groups in total. The fourth-order valence-corrected chi connectivity index (χ4v) is 5.38. The molecule has 2 aromatic rings. The van der Waals surface area contributed by atoms with Crippen molar-refractivity contribution in [3.63, 3.8) is 0 Å². The molecule has 0 spiro atoms. The van der Waals surface area contributed by atoms with Crippen LogP contribution in [0.25, 0.3) is 6.08 Å². The van der Waals surface area contributed by atoms with Gasteiger partial charge in [-0.25, -0.2) is 0 Å². The number of nitrogens with zero attached hydrogens (tertiary/aromatic N) is 2. The summed E-state index contributed by atoms with van der Waals surface area (Å²) in [6.45, 7) is 12.7. The quantitative estimate of drug-likeness (QED) is 0.318. The largest absolute Gasteiger partial charge is 0.497 e. The Morgan fingerprint density at radius 1 is 1.08 bits per heavy atom. The van der Waals surface area contributed by atoms with Gasteiger partial charge in [-0.2, -0.15) is 0 Å². The zero-order valence-electron chi connectivity index (χ0n) is 22.3. The number of nitrogens with one attached hydrogen (secondary N) is 1. The molecular formula is C29H39N3O3S. The molecule has 1 aliphatic heterocycles. The van der Waals surface area contributed by atoms with Crippen molar-refractivity contribution in [1.82, 2.24) is 10.2 Å². The van der Waals surface area contributed by atoms with Gasteiger partial charge in [0.1, 0.15) is 5.75 Å². The van der Waals surface area contributed by atoms with E-state index in [1.165, 1.54) is 11.8 Å². The van der Waals surface area contributed by atoms with E-state index >= 15 is 0 Å². The van der Waals surface area contributed by atoms with E-state index in [1.807, 2.05) is 48.5 Å². The van der Waals surface area contributed by atoms with Crippen LogP contribution in [-0.2, 0) is 4.79 Å². The maximum absolute atomic E-state index is 13.0. The number of hydrogen-bond donors (Lipinski definition) is 1. The van der Waals surface area contributed by atoms with Crippen molar-refractivity contribution in [2.24, 2.45) is 11.8 Å². The maximum Gasteiger partial charge on any atom is 0.264 e. The number of ether oxygens (including phenoxy) is 1. The van der Waals surface area contributed by atoms with Gasteiger partial charge < -0.3 is 19.9 Å². The first-order chi connectivity index (χ1) is 17.2. The van der Waals surface area contributed by atoms with Crippen LogP contribution in [0, 0.1) is 11.8 Å². The van der Waals surface area contributed by atoms with Crippen molar-refractivity contribution >= 4 is 35.3 Å². The summed E-state index contributed by atoms with van der Waals surface area (Å²) in [7, 11) is 3.38. The summed E-state index contributed by atoms with van der Waals surface area (Å²) in [4.78, 5) is 31.5. The van der Waals surface area contributed by atoms with Crippen molar-refractivity contribution in [1.29, 1.82) is 0 Å². The minimum Gasteiger partial charge on any atom is -0.497 e. The highest BCUT2D eigenvalue weighted by Gasteiger charge is 2.27. The lowest BCUT2D eigenvalue weighted by molar-refractivity contribution is -0.114. The summed E-state index contributed by atoms with van der Waals surface area (Å²) in [5, 5.41) is 3.05. The van der Waals surface area contributed by atoms with E-state index in [2.05, 4.69) is 37.9 Å². The van der Waals surface area contributed by atoms with Crippen molar-refractivity contribution in [2.75, 3.05) is 45.2 Å². The number of hydrogen-bond acceptors (Lipinski definition) is 5. The second-order valence-corrected chi connectivity index (χ2v) is 11.2. The van der Waals surface area contributed by atoms with Gasteiger partial charge in [0.05, 0.1) is 17.7 Å². The fourth-order valence-electron chi connectivity index (χ4n) is 4.28. The van der Waals surface area contributed by atoms with Crippen LogP contribution in [0.3, 0.4) is 0 Å². The van der Waals surface area contributed by atoms with Crippen LogP contribution >= 0.6 is 11.8 Å². The Balaban J connectivity index is 1.62. The van der Waals surface area contributed by atoms with Crippen molar-refractivity contribution in [3.8, 4) is 5.75 Å². The van der Waals surface area contributed by atoms with E-state index < -0.39 is 0 Å². The molecule has 6 nitrogen and oxygen atoms in total. The lowest BCUT2D eigenvalue weighted by Crippen LogP contribution is -2.34. The molecule has 0 saturated carbocycles. The molecule has 1 heterocycles. The molecule has 3 rings (SSSR count). The predicted octanol–water partition coefficient (Wildman–Crippen LogP) is 5.54. The Kier molecular flexibility index (Phi) is 10.0. The Labute approximate surface area is 220 Å². The van der Waals surface area contributed by atoms with E-state index in [0.717, 1.165) is 48.0 Å². The van der Waals surface area contributed by atoms with E-state index in [0.29, 0.717) is 28.8 Å². The smallest absolute Gasteiger partial charge is 0.264 e. The number of anilines is 1. The molecule has 194 valence electrons. The van der Waals surface area contributed by atoms with E-state index in [9.17, 15) is 9.59 Å². The first kappa shape index (κ1) is 27.8. The number of methoxy groups -OCH3 is 1. The molecule has 0 unspecified atom stereocenters. The Morgan fingerprint density at radius 3 is 2.36 bits per heavy atom. The van der Waals surface area contributed by atoms with Crippen molar-refractivity contribution < 1.29 is 14.3 Å². The highest BCUT2D eigenvalue weighted by Crippen LogP contribution is 2.42. The van der Waals surface area contributed by atoms with Crippen LogP contribution in [0.2, 0.25) is 0 Å². The first-order valence-corrected chi connectivity index (χ1v) is 13.5. The van der Waals surface area contributed by atoms with Crippen LogP contribution in [0.4, 0.5) is 5.69 Å². The summed E-state index contributed by atoms with van der Waals surface area (Å²) < 4.78 is 5.21. The second-order valence-electron chi connectivity index (χ2n) is 10.1. The van der Waals surface area contributed by atoms with Gasteiger partial charge in [-0.15, -0.1) is 0 Å². The van der Waals surface area contributed by atoms with Crippen LogP contribution in [0.5, 0.6) is 5.75 Å². The molecule has 36 heavy (non-hydrogen) atoms. The lowest BCUT2D eigenvalue weighted by Gasteiger charge is -2.27. The van der Waals surface area contributed by atoms with Gasteiger partial charge in [0.15, 0.2) is 0 Å². The topological polar surface area (TPSA) is 61.9 Å². The molecule has 0 aromatic heterocycles. The third-order valence-electron chi connectivity index (χ3n) is 5.91. The summed E-state index contributed by atoms with van der Waals surface area (Å²) in [5.74, 6) is 1.83. The van der Waals surface area contributed by atoms with Gasteiger partial charge in [-0.05, 0) is 66.8 Å². The minimum atomic E-state index is -0.109. The molecular weight excluding hydrogens is 470 g/mol. The van der Waals surface area contributed by atoms with E-state index in [1.54, 1.807) is 19.1 Å². The average molecular weight is 510 g/mol. The maximum atomic E-state index is 13.0. The normalized spacial score (nSPS) is 14.6. The Bertz CT molecular complexity index is 1070. The molecule has 0 aliphatic carbocycles. The number of rotatable bonds is 11. The number of carbonyl (C=O) groups excluding carboxylic acids is 2. The summed E-state index contributed by atoms with van der Waals surface area (Å²) >= 11 is 1.43.